The molecule has 0 bridgehead atoms. The van der Waals surface area contributed by atoms with Crippen molar-refractivity contribution in [3.63, 3.8) is 0 Å². The Morgan fingerprint density at radius 2 is 2.33 bits per heavy atom. The first-order valence-electron chi connectivity index (χ1n) is 6.68. The van der Waals surface area contributed by atoms with Gasteiger partial charge in [-0.2, -0.15) is 0 Å². The van der Waals surface area contributed by atoms with E-state index in [1.807, 2.05) is 6.07 Å². The lowest BCUT2D eigenvalue weighted by atomic mass is 9.99. The number of carboxylic acids is 1. The van der Waals surface area contributed by atoms with Crippen molar-refractivity contribution in [2.75, 3.05) is 12.4 Å². The van der Waals surface area contributed by atoms with Crippen molar-refractivity contribution in [1.29, 1.82) is 0 Å². The summed E-state index contributed by atoms with van der Waals surface area (Å²) >= 11 is 2.80. The average Bonchev–Trinajstić information content (AvgIpc) is 2.86. The standard InChI is InChI=1S/C15H15NO3S2/c1-9-13(14(17)18)21-15(16-9)20-8-12-11-5-3-2-4-10(11)6-7-19-12/h2-5,12H,6-8H2,1H3,(H,17,18). The highest BCUT2D eigenvalue weighted by atomic mass is 32.2. The molecule has 3 rings (SSSR count). The van der Waals surface area contributed by atoms with Crippen LogP contribution < -0.4 is 0 Å². The maximum Gasteiger partial charge on any atom is 0.347 e. The van der Waals surface area contributed by atoms with E-state index in [0.717, 1.165) is 23.1 Å². The van der Waals surface area contributed by atoms with Gasteiger partial charge in [-0.25, -0.2) is 9.78 Å². The maximum absolute atomic E-state index is 11.0. The van der Waals surface area contributed by atoms with Crippen LogP contribution >= 0.6 is 23.1 Å². The Kier molecular flexibility index (Phi) is 4.28. The van der Waals surface area contributed by atoms with Crippen molar-refractivity contribution in [1.82, 2.24) is 4.98 Å². The second kappa shape index (κ2) is 6.17. The molecule has 1 aliphatic rings. The first-order chi connectivity index (χ1) is 10.1. The highest BCUT2D eigenvalue weighted by Gasteiger charge is 2.22. The number of thioether (sulfide) groups is 1. The molecule has 6 heteroatoms. The molecule has 1 aromatic heterocycles. The number of hydrogen-bond donors (Lipinski definition) is 1. The van der Waals surface area contributed by atoms with E-state index >= 15 is 0 Å². The van der Waals surface area contributed by atoms with Crippen LogP contribution in [0.1, 0.15) is 32.6 Å². The van der Waals surface area contributed by atoms with Gasteiger partial charge >= 0.3 is 5.97 Å². The molecule has 1 aliphatic heterocycles. The second-order valence-corrected chi connectivity index (χ2v) is 7.08. The van der Waals surface area contributed by atoms with Gasteiger partial charge in [0, 0.05) is 5.75 Å². The van der Waals surface area contributed by atoms with Gasteiger partial charge in [0.15, 0.2) is 4.34 Å². The molecule has 2 aromatic rings. The molecule has 4 nitrogen and oxygen atoms in total. The van der Waals surface area contributed by atoms with Gasteiger partial charge in [0.25, 0.3) is 0 Å². The van der Waals surface area contributed by atoms with Gasteiger partial charge in [0.2, 0.25) is 0 Å². The van der Waals surface area contributed by atoms with E-state index in [1.165, 1.54) is 22.5 Å². The number of aromatic nitrogens is 1. The van der Waals surface area contributed by atoms with Gasteiger partial charge in [-0.3, -0.25) is 0 Å². The van der Waals surface area contributed by atoms with Crippen molar-refractivity contribution in [3.05, 3.63) is 46.0 Å². The van der Waals surface area contributed by atoms with Crippen molar-refractivity contribution < 1.29 is 14.6 Å². The largest absolute Gasteiger partial charge is 0.477 e. The van der Waals surface area contributed by atoms with Gasteiger partial charge in [-0.15, -0.1) is 11.3 Å². The summed E-state index contributed by atoms with van der Waals surface area (Å²) in [6.45, 7) is 2.47. The van der Waals surface area contributed by atoms with Crippen molar-refractivity contribution in [2.45, 2.75) is 23.8 Å². The molecule has 1 N–H and O–H groups in total. The highest BCUT2D eigenvalue weighted by Crippen LogP contribution is 2.34. The molecule has 0 aliphatic carbocycles. The van der Waals surface area contributed by atoms with Crippen LogP contribution in [0.4, 0.5) is 0 Å². The van der Waals surface area contributed by atoms with Crippen LogP contribution in [-0.4, -0.2) is 28.4 Å². The van der Waals surface area contributed by atoms with E-state index in [1.54, 1.807) is 18.7 Å². The van der Waals surface area contributed by atoms with Gasteiger partial charge in [-0.05, 0) is 24.5 Å². The number of carboxylic acid groups (broad SMARTS) is 1. The molecule has 1 unspecified atom stereocenters. The summed E-state index contributed by atoms with van der Waals surface area (Å²) in [6, 6.07) is 8.33. The third-order valence-electron chi connectivity index (χ3n) is 3.42. The van der Waals surface area contributed by atoms with Crippen molar-refractivity contribution >= 4 is 29.1 Å². The van der Waals surface area contributed by atoms with Gasteiger partial charge in [-0.1, -0.05) is 36.0 Å². The quantitative estimate of drug-likeness (QED) is 0.873. The number of fused-ring (bicyclic) bond motifs is 1. The monoisotopic (exact) mass is 321 g/mol. The van der Waals surface area contributed by atoms with Crippen molar-refractivity contribution in [3.8, 4) is 0 Å². The zero-order chi connectivity index (χ0) is 14.8. The summed E-state index contributed by atoms with van der Waals surface area (Å²) in [6.07, 6.45) is 1.01. The SMILES string of the molecule is Cc1nc(SCC2OCCc3ccccc32)sc1C(=O)O. The Bertz CT molecular complexity index is 669. The first-order valence-corrected chi connectivity index (χ1v) is 8.48. The Hall–Kier alpha value is -1.37. The number of carbonyl (C=O) groups is 1. The fourth-order valence-electron chi connectivity index (χ4n) is 2.39. The second-order valence-electron chi connectivity index (χ2n) is 4.82. The van der Waals surface area contributed by atoms with Crippen LogP contribution in [0.25, 0.3) is 0 Å². The van der Waals surface area contributed by atoms with E-state index in [9.17, 15) is 4.79 Å². The minimum absolute atomic E-state index is 0.0532. The first kappa shape index (κ1) is 14.6. The van der Waals surface area contributed by atoms with Crippen LogP contribution in [0.5, 0.6) is 0 Å². The lowest BCUT2D eigenvalue weighted by Gasteiger charge is -2.25. The Labute approximate surface area is 131 Å². The molecule has 2 heterocycles. The number of thiazole rings is 1. The Balaban J connectivity index is 1.71. The Morgan fingerprint density at radius 3 is 3.10 bits per heavy atom. The zero-order valence-corrected chi connectivity index (χ0v) is 13.2. The molecule has 21 heavy (non-hydrogen) atoms. The molecular weight excluding hydrogens is 306 g/mol. The molecule has 0 saturated carbocycles. The van der Waals surface area contributed by atoms with Crippen LogP contribution in [0.2, 0.25) is 0 Å². The summed E-state index contributed by atoms with van der Waals surface area (Å²) in [5.41, 5.74) is 3.17. The zero-order valence-electron chi connectivity index (χ0n) is 11.5. The highest BCUT2D eigenvalue weighted by molar-refractivity contribution is 8.01. The van der Waals surface area contributed by atoms with E-state index in [2.05, 4.69) is 23.2 Å². The smallest absolute Gasteiger partial charge is 0.347 e. The molecule has 0 amide bonds. The van der Waals surface area contributed by atoms with Crippen LogP contribution in [0.15, 0.2) is 28.6 Å². The molecule has 0 fully saturated rings. The maximum atomic E-state index is 11.0. The van der Waals surface area contributed by atoms with E-state index < -0.39 is 5.97 Å². The average molecular weight is 321 g/mol. The molecular formula is C15H15NO3S2. The van der Waals surface area contributed by atoms with Crippen LogP contribution in [-0.2, 0) is 11.2 Å². The third-order valence-corrected chi connectivity index (χ3v) is 5.77. The Morgan fingerprint density at radius 1 is 1.52 bits per heavy atom. The van der Waals surface area contributed by atoms with Gasteiger partial charge in [0.05, 0.1) is 18.4 Å². The molecule has 0 radical (unpaired) electrons. The lowest BCUT2D eigenvalue weighted by Crippen LogP contribution is -2.17. The molecule has 1 aromatic carbocycles. The third kappa shape index (κ3) is 3.12. The van der Waals surface area contributed by atoms with Crippen LogP contribution in [0, 0.1) is 6.92 Å². The number of benzene rings is 1. The van der Waals surface area contributed by atoms with E-state index in [-0.39, 0.29) is 6.10 Å². The summed E-state index contributed by atoms with van der Waals surface area (Å²) in [4.78, 5) is 15.7. The summed E-state index contributed by atoms with van der Waals surface area (Å²) in [5, 5.41) is 9.06. The van der Waals surface area contributed by atoms with E-state index in [4.69, 9.17) is 9.84 Å². The molecule has 110 valence electrons. The summed E-state index contributed by atoms with van der Waals surface area (Å²) in [7, 11) is 0. The predicted molar refractivity (Wildman–Crippen MR) is 83.4 cm³/mol. The normalized spacial score (nSPS) is 17.5. The van der Waals surface area contributed by atoms with E-state index in [0.29, 0.717) is 10.6 Å². The number of aryl methyl sites for hydroxylation is 1. The van der Waals surface area contributed by atoms with Gasteiger partial charge in [0.1, 0.15) is 4.88 Å². The summed E-state index contributed by atoms with van der Waals surface area (Å²) < 4.78 is 6.64. The number of hydrogen-bond acceptors (Lipinski definition) is 5. The van der Waals surface area contributed by atoms with Crippen molar-refractivity contribution in [2.24, 2.45) is 0 Å². The minimum Gasteiger partial charge on any atom is -0.477 e. The molecule has 0 spiro atoms. The fourth-order valence-corrected chi connectivity index (χ4v) is 4.49. The van der Waals surface area contributed by atoms with Gasteiger partial charge < -0.3 is 9.84 Å². The lowest BCUT2D eigenvalue weighted by molar-refractivity contribution is 0.0588. The topological polar surface area (TPSA) is 59.4 Å². The summed E-state index contributed by atoms with van der Waals surface area (Å²) in [5.74, 6) is -0.153. The molecule has 1 atom stereocenters. The number of rotatable bonds is 4. The number of ether oxygens (including phenoxy) is 1. The van der Waals surface area contributed by atoms with Crippen LogP contribution in [0.3, 0.4) is 0 Å². The predicted octanol–water partition coefficient (Wildman–Crippen LogP) is 3.56. The number of nitrogens with zero attached hydrogens (tertiary/aromatic N) is 1. The number of aromatic carboxylic acids is 1. The fraction of sp³-hybridized carbons (Fsp3) is 0.333. The molecule has 0 saturated heterocycles. The minimum atomic E-state index is -0.906.